The Bertz CT molecular complexity index is 222. The van der Waals surface area contributed by atoms with E-state index in [1.54, 1.807) is 0 Å². The van der Waals surface area contributed by atoms with Crippen molar-refractivity contribution in [3.63, 3.8) is 0 Å². The Kier molecular flexibility index (Phi) is 1.15. The lowest BCUT2D eigenvalue weighted by atomic mass is 10.0. The first-order valence-corrected chi connectivity index (χ1v) is 4.70. The molecule has 2 fully saturated rings. The number of fused-ring (bicyclic) bond motifs is 5. The SMILES string of the molecule is CC1(C)OC2C3C=C[C@H](C3)C2O1. The molecule has 4 atom stereocenters. The fraction of sp³-hybridized carbons (Fsp3) is 0.800. The monoisotopic (exact) mass is 166 g/mol. The predicted octanol–water partition coefficient (Wildman–Crippen LogP) is 1.71. The Morgan fingerprint density at radius 2 is 1.58 bits per heavy atom. The highest BCUT2D eigenvalue weighted by molar-refractivity contribution is 5.17. The van der Waals surface area contributed by atoms with E-state index in [-0.39, 0.29) is 5.79 Å². The molecule has 3 rings (SSSR count). The van der Waals surface area contributed by atoms with Crippen molar-refractivity contribution in [2.45, 2.75) is 38.3 Å². The van der Waals surface area contributed by atoms with Crippen LogP contribution >= 0.6 is 0 Å². The van der Waals surface area contributed by atoms with Gasteiger partial charge in [0.1, 0.15) is 0 Å². The summed E-state index contributed by atoms with van der Waals surface area (Å²) in [5.74, 6) is 0.904. The highest BCUT2D eigenvalue weighted by Crippen LogP contribution is 2.49. The van der Waals surface area contributed by atoms with E-state index in [9.17, 15) is 0 Å². The molecular formula is C10H14O2. The van der Waals surface area contributed by atoms with Crippen LogP contribution in [0.4, 0.5) is 0 Å². The quantitative estimate of drug-likeness (QED) is 0.510. The van der Waals surface area contributed by atoms with Gasteiger partial charge in [0.25, 0.3) is 0 Å². The summed E-state index contributed by atoms with van der Waals surface area (Å²) in [4.78, 5) is 0. The van der Waals surface area contributed by atoms with E-state index in [0.717, 1.165) is 0 Å². The molecule has 1 aliphatic heterocycles. The summed E-state index contributed by atoms with van der Waals surface area (Å²) in [5.41, 5.74) is 0. The molecule has 0 aromatic carbocycles. The number of hydrogen-bond donors (Lipinski definition) is 0. The molecular weight excluding hydrogens is 152 g/mol. The van der Waals surface area contributed by atoms with Crippen LogP contribution in [-0.2, 0) is 9.47 Å². The Labute approximate surface area is 72.5 Å². The van der Waals surface area contributed by atoms with Crippen LogP contribution in [0.3, 0.4) is 0 Å². The Morgan fingerprint density at radius 1 is 1.08 bits per heavy atom. The van der Waals surface area contributed by atoms with Gasteiger partial charge in [0.15, 0.2) is 5.79 Å². The summed E-state index contributed by atoms with van der Waals surface area (Å²) in [7, 11) is 0. The van der Waals surface area contributed by atoms with E-state index in [4.69, 9.17) is 9.47 Å². The summed E-state index contributed by atoms with van der Waals surface area (Å²) in [5, 5.41) is 0. The zero-order valence-electron chi connectivity index (χ0n) is 7.49. The molecule has 1 saturated heterocycles. The lowest BCUT2D eigenvalue weighted by Crippen LogP contribution is -2.26. The van der Waals surface area contributed by atoms with Crippen LogP contribution in [-0.4, -0.2) is 18.0 Å². The average molecular weight is 166 g/mol. The molecule has 3 aliphatic rings. The first-order chi connectivity index (χ1) is 5.66. The van der Waals surface area contributed by atoms with Crippen molar-refractivity contribution in [3.05, 3.63) is 12.2 Å². The third-order valence-electron chi connectivity index (χ3n) is 3.16. The third kappa shape index (κ3) is 0.771. The van der Waals surface area contributed by atoms with Crippen molar-refractivity contribution >= 4 is 0 Å². The lowest BCUT2D eigenvalue weighted by Gasteiger charge is -2.19. The molecule has 0 aromatic heterocycles. The zero-order valence-corrected chi connectivity index (χ0v) is 7.49. The minimum Gasteiger partial charge on any atom is -0.344 e. The molecule has 2 bridgehead atoms. The van der Waals surface area contributed by atoms with Gasteiger partial charge < -0.3 is 9.47 Å². The maximum absolute atomic E-state index is 5.83. The van der Waals surface area contributed by atoms with Crippen molar-refractivity contribution in [1.82, 2.24) is 0 Å². The fourth-order valence-corrected chi connectivity index (χ4v) is 2.72. The molecule has 0 aromatic rings. The van der Waals surface area contributed by atoms with Crippen LogP contribution < -0.4 is 0 Å². The number of hydrogen-bond acceptors (Lipinski definition) is 2. The standard InChI is InChI=1S/C10H14O2/c1-10(2)11-8-6-3-4-7(5-6)9(8)12-10/h3-4,6-9H,5H2,1-2H3/t6-,7?,8?,9?/m1/s1. The van der Waals surface area contributed by atoms with E-state index in [1.807, 2.05) is 13.8 Å². The van der Waals surface area contributed by atoms with Crippen LogP contribution in [0.15, 0.2) is 12.2 Å². The zero-order chi connectivity index (χ0) is 8.34. The summed E-state index contributed by atoms with van der Waals surface area (Å²) < 4.78 is 11.7. The maximum atomic E-state index is 5.83. The molecule has 2 heteroatoms. The van der Waals surface area contributed by atoms with Gasteiger partial charge in [-0.05, 0) is 20.3 Å². The van der Waals surface area contributed by atoms with Gasteiger partial charge in [-0.15, -0.1) is 0 Å². The van der Waals surface area contributed by atoms with Gasteiger partial charge in [0, 0.05) is 11.8 Å². The molecule has 1 saturated carbocycles. The molecule has 1 heterocycles. The molecule has 3 unspecified atom stereocenters. The molecule has 0 radical (unpaired) electrons. The molecule has 12 heavy (non-hydrogen) atoms. The molecule has 0 N–H and O–H groups in total. The van der Waals surface area contributed by atoms with E-state index in [0.29, 0.717) is 24.0 Å². The maximum Gasteiger partial charge on any atom is 0.163 e. The highest BCUT2D eigenvalue weighted by atomic mass is 16.8. The summed E-state index contributed by atoms with van der Waals surface area (Å²) in [6.07, 6.45) is 6.50. The van der Waals surface area contributed by atoms with Gasteiger partial charge in [-0.3, -0.25) is 0 Å². The Morgan fingerprint density at radius 3 is 2.08 bits per heavy atom. The molecule has 0 amide bonds. The van der Waals surface area contributed by atoms with Gasteiger partial charge in [-0.2, -0.15) is 0 Å². The van der Waals surface area contributed by atoms with Crippen molar-refractivity contribution in [2.24, 2.45) is 11.8 Å². The van der Waals surface area contributed by atoms with Gasteiger partial charge >= 0.3 is 0 Å². The highest BCUT2D eigenvalue weighted by Gasteiger charge is 2.54. The molecule has 2 aliphatic carbocycles. The summed E-state index contributed by atoms with van der Waals surface area (Å²) >= 11 is 0. The second-order valence-electron chi connectivity index (χ2n) is 4.51. The Balaban J connectivity index is 1.91. The van der Waals surface area contributed by atoms with Gasteiger partial charge in [-0.25, -0.2) is 0 Å². The fourth-order valence-electron chi connectivity index (χ4n) is 2.72. The van der Waals surface area contributed by atoms with Gasteiger partial charge in [0.2, 0.25) is 0 Å². The molecule has 0 spiro atoms. The minimum atomic E-state index is -0.349. The number of rotatable bonds is 0. The predicted molar refractivity (Wildman–Crippen MR) is 44.6 cm³/mol. The van der Waals surface area contributed by atoms with Crippen molar-refractivity contribution in [1.29, 1.82) is 0 Å². The lowest BCUT2D eigenvalue weighted by molar-refractivity contribution is -0.156. The molecule has 2 nitrogen and oxygen atoms in total. The van der Waals surface area contributed by atoms with Crippen LogP contribution in [0.25, 0.3) is 0 Å². The van der Waals surface area contributed by atoms with Gasteiger partial charge in [0.05, 0.1) is 12.2 Å². The topological polar surface area (TPSA) is 18.5 Å². The van der Waals surface area contributed by atoms with Crippen LogP contribution in [0.5, 0.6) is 0 Å². The first kappa shape index (κ1) is 7.10. The minimum absolute atomic E-state index is 0.343. The van der Waals surface area contributed by atoms with E-state index >= 15 is 0 Å². The second-order valence-corrected chi connectivity index (χ2v) is 4.51. The van der Waals surface area contributed by atoms with E-state index in [2.05, 4.69) is 12.2 Å². The summed E-state index contributed by atoms with van der Waals surface area (Å²) in [6, 6.07) is 0. The van der Waals surface area contributed by atoms with E-state index in [1.165, 1.54) is 6.42 Å². The first-order valence-electron chi connectivity index (χ1n) is 4.70. The largest absolute Gasteiger partial charge is 0.344 e. The Hall–Kier alpha value is -0.340. The molecule has 66 valence electrons. The van der Waals surface area contributed by atoms with E-state index < -0.39 is 0 Å². The smallest absolute Gasteiger partial charge is 0.163 e. The summed E-state index contributed by atoms with van der Waals surface area (Å²) in [6.45, 7) is 4.01. The number of ether oxygens (including phenoxy) is 2. The van der Waals surface area contributed by atoms with Crippen molar-refractivity contribution < 1.29 is 9.47 Å². The van der Waals surface area contributed by atoms with Crippen LogP contribution in [0.1, 0.15) is 20.3 Å². The van der Waals surface area contributed by atoms with Crippen LogP contribution in [0, 0.1) is 11.8 Å². The normalized spacial score (nSPS) is 53.2. The third-order valence-corrected chi connectivity index (χ3v) is 3.16. The van der Waals surface area contributed by atoms with Crippen LogP contribution in [0.2, 0.25) is 0 Å². The second kappa shape index (κ2) is 1.94. The van der Waals surface area contributed by atoms with Crippen molar-refractivity contribution in [2.75, 3.05) is 0 Å². The van der Waals surface area contributed by atoms with Crippen molar-refractivity contribution in [3.8, 4) is 0 Å². The average Bonchev–Trinajstić information content (AvgIpc) is 2.54. The van der Waals surface area contributed by atoms with Gasteiger partial charge in [-0.1, -0.05) is 12.2 Å².